The topological polar surface area (TPSA) is 59.0 Å². The Kier molecular flexibility index (Phi) is 8.48. The van der Waals surface area contributed by atoms with Crippen molar-refractivity contribution in [2.24, 2.45) is 5.92 Å². The molecule has 4 rings (SSSR count). The van der Waals surface area contributed by atoms with Gasteiger partial charge >= 0.3 is 5.97 Å². The molecule has 3 aromatic carbocycles. The molecule has 2 unspecified atom stereocenters. The fourth-order valence-corrected chi connectivity index (χ4v) is 5.11. The number of hydrogen-bond donors (Lipinski definition) is 1. The number of aliphatic hydroxyl groups is 1. The fourth-order valence-electron chi connectivity index (χ4n) is 5.11. The van der Waals surface area contributed by atoms with Crippen LogP contribution in [0.25, 0.3) is 0 Å². The van der Waals surface area contributed by atoms with E-state index in [9.17, 15) is 9.90 Å². The van der Waals surface area contributed by atoms with Gasteiger partial charge in [-0.05, 0) is 43.4 Å². The van der Waals surface area contributed by atoms with Crippen LogP contribution in [-0.2, 0) is 14.3 Å². The van der Waals surface area contributed by atoms with E-state index >= 15 is 0 Å². The summed E-state index contributed by atoms with van der Waals surface area (Å²) in [6.45, 7) is 9.82. The van der Waals surface area contributed by atoms with Crippen LogP contribution in [0.4, 0.5) is 0 Å². The van der Waals surface area contributed by atoms with E-state index in [-0.39, 0.29) is 17.9 Å². The minimum atomic E-state index is -0.947. The summed E-state index contributed by atoms with van der Waals surface area (Å²) in [5.41, 5.74) is 2.51. The third kappa shape index (κ3) is 6.30. The molecule has 196 valence electrons. The van der Waals surface area contributed by atoms with Crippen molar-refractivity contribution >= 4 is 5.97 Å². The lowest BCUT2D eigenvalue weighted by molar-refractivity contribution is -0.172. The van der Waals surface area contributed by atoms with E-state index in [0.29, 0.717) is 6.61 Å². The van der Waals surface area contributed by atoms with Gasteiger partial charge in [-0.3, -0.25) is 9.69 Å². The van der Waals surface area contributed by atoms with Gasteiger partial charge in [0.15, 0.2) is 0 Å². The molecule has 0 radical (unpaired) electrons. The SMILES string of the molecule is CC(C)[C@H](O)C(C(=O)OC(C)(C)C)N1C(C(c2ccccc2)c2ccccc2)OC[C@@H]1c1ccccc1. The number of carbonyl (C=O) groups is 1. The van der Waals surface area contributed by atoms with Crippen molar-refractivity contribution in [3.05, 3.63) is 108 Å². The van der Waals surface area contributed by atoms with Gasteiger partial charge in [-0.1, -0.05) is 105 Å². The Hall–Kier alpha value is -2.99. The molecule has 0 saturated carbocycles. The van der Waals surface area contributed by atoms with Crippen molar-refractivity contribution in [1.82, 2.24) is 4.90 Å². The molecule has 1 heterocycles. The van der Waals surface area contributed by atoms with Crippen LogP contribution in [0.2, 0.25) is 0 Å². The molecule has 1 N–H and O–H groups in total. The molecule has 0 aliphatic carbocycles. The third-order valence-electron chi connectivity index (χ3n) is 6.84. The Morgan fingerprint density at radius 2 is 1.38 bits per heavy atom. The minimum Gasteiger partial charge on any atom is -0.459 e. The van der Waals surface area contributed by atoms with Crippen molar-refractivity contribution < 1.29 is 19.4 Å². The maximum Gasteiger partial charge on any atom is 0.326 e. The number of nitrogens with zero attached hydrogens (tertiary/aromatic N) is 1. The first kappa shape index (κ1) is 27.1. The van der Waals surface area contributed by atoms with Crippen LogP contribution in [0.5, 0.6) is 0 Å². The molecule has 3 aromatic rings. The lowest BCUT2D eigenvalue weighted by atomic mass is 9.87. The second-order valence-electron chi connectivity index (χ2n) is 11.1. The quantitative estimate of drug-likeness (QED) is 0.387. The Morgan fingerprint density at radius 3 is 1.84 bits per heavy atom. The minimum absolute atomic E-state index is 0.165. The van der Waals surface area contributed by atoms with Gasteiger partial charge in [0.1, 0.15) is 17.9 Å². The molecule has 0 amide bonds. The zero-order valence-corrected chi connectivity index (χ0v) is 22.5. The highest BCUT2D eigenvalue weighted by atomic mass is 16.6. The molecule has 1 saturated heterocycles. The maximum absolute atomic E-state index is 13.8. The van der Waals surface area contributed by atoms with Crippen molar-refractivity contribution in [3.63, 3.8) is 0 Å². The summed E-state index contributed by atoms with van der Waals surface area (Å²) in [5, 5.41) is 11.5. The molecule has 1 fully saturated rings. The first-order valence-corrected chi connectivity index (χ1v) is 13.1. The average Bonchev–Trinajstić information content (AvgIpc) is 3.29. The first-order valence-electron chi connectivity index (χ1n) is 13.1. The summed E-state index contributed by atoms with van der Waals surface area (Å²) in [7, 11) is 0. The molecule has 4 atom stereocenters. The molecule has 5 nitrogen and oxygen atoms in total. The zero-order valence-electron chi connectivity index (χ0n) is 22.5. The van der Waals surface area contributed by atoms with Gasteiger partial charge in [0, 0.05) is 5.92 Å². The molecular weight excluding hydrogens is 462 g/mol. The van der Waals surface area contributed by atoms with Crippen LogP contribution in [0.15, 0.2) is 91.0 Å². The molecule has 1 aliphatic heterocycles. The van der Waals surface area contributed by atoms with E-state index in [1.807, 2.05) is 89.2 Å². The highest BCUT2D eigenvalue weighted by molar-refractivity contribution is 5.77. The number of aliphatic hydroxyl groups excluding tert-OH is 1. The van der Waals surface area contributed by atoms with Crippen LogP contribution in [0.3, 0.4) is 0 Å². The molecule has 0 bridgehead atoms. The van der Waals surface area contributed by atoms with Gasteiger partial charge < -0.3 is 14.6 Å². The second-order valence-corrected chi connectivity index (χ2v) is 11.1. The third-order valence-corrected chi connectivity index (χ3v) is 6.84. The van der Waals surface area contributed by atoms with Crippen LogP contribution < -0.4 is 0 Å². The van der Waals surface area contributed by atoms with Crippen molar-refractivity contribution in [2.75, 3.05) is 6.61 Å². The van der Waals surface area contributed by atoms with Crippen LogP contribution >= 0.6 is 0 Å². The largest absolute Gasteiger partial charge is 0.459 e. The van der Waals surface area contributed by atoms with Crippen LogP contribution in [-0.4, -0.2) is 46.6 Å². The van der Waals surface area contributed by atoms with Crippen molar-refractivity contribution in [2.45, 2.75) is 70.6 Å². The van der Waals surface area contributed by atoms with Gasteiger partial charge in [-0.2, -0.15) is 0 Å². The van der Waals surface area contributed by atoms with E-state index < -0.39 is 29.9 Å². The number of benzene rings is 3. The lowest BCUT2D eigenvalue weighted by Crippen LogP contribution is -2.56. The Labute approximate surface area is 221 Å². The predicted octanol–water partition coefficient (Wildman–Crippen LogP) is 5.95. The molecular formula is C32H39NO4. The molecule has 1 aliphatic rings. The predicted molar refractivity (Wildman–Crippen MR) is 146 cm³/mol. The number of esters is 1. The van der Waals surface area contributed by atoms with E-state index in [0.717, 1.165) is 16.7 Å². The highest BCUT2D eigenvalue weighted by Crippen LogP contribution is 2.43. The van der Waals surface area contributed by atoms with Gasteiger partial charge in [0.25, 0.3) is 0 Å². The van der Waals surface area contributed by atoms with Gasteiger partial charge in [0.05, 0.1) is 18.8 Å². The highest BCUT2D eigenvalue weighted by Gasteiger charge is 2.50. The Balaban J connectivity index is 1.88. The number of ether oxygens (including phenoxy) is 2. The average molecular weight is 502 g/mol. The number of carbonyl (C=O) groups excluding carboxylic acids is 1. The fraction of sp³-hybridized carbons (Fsp3) is 0.406. The van der Waals surface area contributed by atoms with Crippen molar-refractivity contribution in [3.8, 4) is 0 Å². The summed E-state index contributed by atoms with van der Waals surface area (Å²) in [4.78, 5) is 15.9. The molecule has 0 aromatic heterocycles. The molecule has 0 spiro atoms. The van der Waals surface area contributed by atoms with E-state index in [1.165, 1.54) is 0 Å². The number of hydrogen-bond acceptors (Lipinski definition) is 5. The number of rotatable bonds is 8. The first-order chi connectivity index (χ1) is 17.7. The smallest absolute Gasteiger partial charge is 0.326 e. The normalized spacial score (nSPS) is 20.2. The van der Waals surface area contributed by atoms with Gasteiger partial charge in [-0.25, -0.2) is 0 Å². The molecule has 5 heteroatoms. The maximum atomic E-state index is 13.8. The summed E-state index contributed by atoms with van der Waals surface area (Å²) in [5.74, 6) is -0.785. The Bertz CT molecular complexity index is 1090. The monoisotopic (exact) mass is 501 g/mol. The van der Waals surface area contributed by atoms with E-state index in [2.05, 4.69) is 41.3 Å². The van der Waals surface area contributed by atoms with Crippen molar-refractivity contribution in [1.29, 1.82) is 0 Å². The summed E-state index contributed by atoms with van der Waals surface area (Å²) >= 11 is 0. The molecule has 37 heavy (non-hydrogen) atoms. The van der Waals surface area contributed by atoms with Crippen LogP contribution in [0, 0.1) is 5.92 Å². The van der Waals surface area contributed by atoms with Crippen LogP contribution in [0.1, 0.15) is 63.3 Å². The standard InChI is InChI=1S/C32H39NO4/c1-22(2)29(34)28(31(35)37-32(3,4)5)33-26(23-15-9-6-10-16-23)21-36-30(33)27(24-17-11-7-12-18-24)25-19-13-8-14-20-25/h6-20,22,26-30,34H,21H2,1-5H3/t26-,28?,29+,30?/m1/s1. The van der Waals surface area contributed by atoms with E-state index in [4.69, 9.17) is 9.47 Å². The van der Waals surface area contributed by atoms with Gasteiger partial charge in [-0.15, -0.1) is 0 Å². The summed E-state index contributed by atoms with van der Waals surface area (Å²) in [6.07, 6.45) is -1.45. The lowest BCUT2D eigenvalue weighted by Gasteiger charge is -2.41. The summed E-state index contributed by atoms with van der Waals surface area (Å²) in [6, 6.07) is 29.4. The van der Waals surface area contributed by atoms with E-state index in [1.54, 1.807) is 0 Å². The van der Waals surface area contributed by atoms with Gasteiger partial charge in [0.2, 0.25) is 0 Å². The zero-order chi connectivity index (χ0) is 26.6. The second kappa shape index (κ2) is 11.6. The Morgan fingerprint density at radius 1 is 0.892 bits per heavy atom. The summed E-state index contributed by atoms with van der Waals surface area (Å²) < 4.78 is 12.5.